The smallest absolute Gasteiger partial charge is 0.231 e. The Bertz CT molecular complexity index is 485. The zero-order valence-electron chi connectivity index (χ0n) is 11.0. The first-order valence-electron chi connectivity index (χ1n) is 6.06. The van der Waals surface area contributed by atoms with Crippen molar-refractivity contribution in [1.82, 2.24) is 10.1 Å². The van der Waals surface area contributed by atoms with Crippen molar-refractivity contribution >= 4 is 11.3 Å². The quantitative estimate of drug-likeness (QED) is 0.921. The van der Waals surface area contributed by atoms with Gasteiger partial charge in [-0.25, -0.2) is 0 Å². The molecule has 0 aromatic carbocycles. The van der Waals surface area contributed by atoms with Crippen LogP contribution in [0.15, 0.2) is 21.3 Å². The van der Waals surface area contributed by atoms with E-state index in [1.54, 1.807) is 11.3 Å². The molecule has 2 N–H and O–H groups in total. The fourth-order valence-electron chi connectivity index (χ4n) is 1.92. The molecular formula is C13H19N3OS. The summed E-state index contributed by atoms with van der Waals surface area (Å²) in [6.45, 7) is 7.09. The standard InChI is InChI=1S/C13H19N3OS/c1-13(2,3)6-10(7-14)12-15-11(16-17-12)9-4-5-18-8-9/h4-5,8,10H,6-7,14H2,1-3H3. The Balaban J connectivity index is 2.18. The van der Waals surface area contributed by atoms with E-state index in [0.717, 1.165) is 12.0 Å². The molecule has 2 aromatic heterocycles. The lowest BCUT2D eigenvalue weighted by Gasteiger charge is -2.22. The lowest BCUT2D eigenvalue weighted by Crippen LogP contribution is -2.19. The summed E-state index contributed by atoms with van der Waals surface area (Å²) in [5.74, 6) is 1.43. The zero-order valence-corrected chi connectivity index (χ0v) is 11.8. The Labute approximate surface area is 111 Å². The van der Waals surface area contributed by atoms with E-state index in [4.69, 9.17) is 10.3 Å². The fourth-order valence-corrected chi connectivity index (χ4v) is 2.55. The van der Waals surface area contributed by atoms with Gasteiger partial charge in [0.25, 0.3) is 0 Å². The predicted octanol–water partition coefficient (Wildman–Crippen LogP) is 3.28. The average molecular weight is 265 g/mol. The molecule has 0 spiro atoms. The molecule has 0 aliphatic heterocycles. The summed E-state index contributed by atoms with van der Waals surface area (Å²) in [7, 11) is 0. The summed E-state index contributed by atoms with van der Waals surface area (Å²) in [4.78, 5) is 4.46. The molecule has 0 aliphatic carbocycles. The molecule has 0 saturated heterocycles. The van der Waals surface area contributed by atoms with Crippen LogP contribution in [0.4, 0.5) is 0 Å². The van der Waals surface area contributed by atoms with Crippen LogP contribution < -0.4 is 5.73 Å². The van der Waals surface area contributed by atoms with E-state index in [0.29, 0.717) is 18.3 Å². The van der Waals surface area contributed by atoms with Gasteiger partial charge in [0.1, 0.15) is 0 Å². The van der Waals surface area contributed by atoms with Crippen molar-refractivity contribution in [2.45, 2.75) is 33.1 Å². The third-order valence-electron chi connectivity index (χ3n) is 2.71. The summed E-state index contributed by atoms with van der Waals surface area (Å²) < 4.78 is 5.35. The minimum Gasteiger partial charge on any atom is -0.339 e. The Morgan fingerprint density at radius 3 is 2.78 bits per heavy atom. The van der Waals surface area contributed by atoms with Crippen LogP contribution in [0, 0.1) is 5.41 Å². The van der Waals surface area contributed by atoms with Crippen LogP contribution in [0.3, 0.4) is 0 Å². The van der Waals surface area contributed by atoms with Gasteiger partial charge in [-0.15, -0.1) is 0 Å². The summed E-state index contributed by atoms with van der Waals surface area (Å²) >= 11 is 1.62. The summed E-state index contributed by atoms with van der Waals surface area (Å²) in [5, 5.41) is 8.03. The van der Waals surface area contributed by atoms with Crippen LogP contribution in [0.25, 0.3) is 11.4 Å². The molecule has 1 atom stereocenters. The lowest BCUT2D eigenvalue weighted by molar-refractivity contribution is 0.287. The Morgan fingerprint density at radius 1 is 1.44 bits per heavy atom. The number of nitrogens with zero attached hydrogens (tertiary/aromatic N) is 2. The average Bonchev–Trinajstić information content (AvgIpc) is 2.94. The van der Waals surface area contributed by atoms with Crippen LogP contribution in [0.5, 0.6) is 0 Å². The normalized spacial score (nSPS) is 13.8. The molecule has 0 radical (unpaired) electrons. The zero-order chi connectivity index (χ0) is 13.2. The first-order valence-corrected chi connectivity index (χ1v) is 7.00. The molecule has 2 heterocycles. The van der Waals surface area contributed by atoms with Crippen molar-refractivity contribution in [3.05, 3.63) is 22.7 Å². The number of rotatable bonds is 4. The van der Waals surface area contributed by atoms with Gasteiger partial charge in [0.2, 0.25) is 11.7 Å². The summed E-state index contributed by atoms with van der Waals surface area (Å²) in [6.07, 6.45) is 0.939. The molecule has 0 amide bonds. The van der Waals surface area contributed by atoms with Crippen LogP contribution in [-0.4, -0.2) is 16.7 Å². The maximum absolute atomic E-state index is 5.81. The van der Waals surface area contributed by atoms with Crippen LogP contribution in [-0.2, 0) is 0 Å². The molecule has 2 rings (SSSR count). The van der Waals surface area contributed by atoms with E-state index in [1.807, 2.05) is 16.8 Å². The van der Waals surface area contributed by atoms with E-state index in [1.165, 1.54) is 0 Å². The monoisotopic (exact) mass is 265 g/mol. The van der Waals surface area contributed by atoms with Crippen molar-refractivity contribution in [2.24, 2.45) is 11.1 Å². The predicted molar refractivity (Wildman–Crippen MR) is 73.5 cm³/mol. The second-order valence-electron chi connectivity index (χ2n) is 5.67. The lowest BCUT2D eigenvalue weighted by atomic mass is 9.84. The molecule has 0 bridgehead atoms. The van der Waals surface area contributed by atoms with Crippen molar-refractivity contribution in [3.8, 4) is 11.4 Å². The maximum atomic E-state index is 5.81. The van der Waals surface area contributed by atoms with E-state index >= 15 is 0 Å². The molecular weight excluding hydrogens is 246 g/mol. The number of hydrogen-bond donors (Lipinski definition) is 1. The van der Waals surface area contributed by atoms with Crippen LogP contribution in [0.2, 0.25) is 0 Å². The second kappa shape index (κ2) is 5.20. The first kappa shape index (κ1) is 13.2. The SMILES string of the molecule is CC(C)(C)CC(CN)c1nc(-c2ccsc2)no1. The molecule has 0 fully saturated rings. The number of hydrogen-bond acceptors (Lipinski definition) is 5. The minimum atomic E-state index is 0.130. The van der Waals surface area contributed by atoms with Gasteiger partial charge >= 0.3 is 0 Å². The van der Waals surface area contributed by atoms with Crippen molar-refractivity contribution in [2.75, 3.05) is 6.54 Å². The molecule has 0 saturated carbocycles. The number of thiophene rings is 1. The van der Waals surface area contributed by atoms with Crippen molar-refractivity contribution in [3.63, 3.8) is 0 Å². The molecule has 2 aromatic rings. The van der Waals surface area contributed by atoms with E-state index < -0.39 is 0 Å². The van der Waals surface area contributed by atoms with Crippen LogP contribution in [0.1, 0.15) is 39.0 Å². The number of nitrogens with two attached hydrogens (primary N) is 1. The molecule has 4 nitrogen and oxygen atoms in total. The van der Waals surface area contributed by atoms with Crippen molar-refractivity contribution in [1.29, 1.82) is 0 Å². The highest BCUT2D eigenvalue weighted by Gasteiger charge is 2.24. The summed E-state index contributed by atoms with van der Waals surface area (Å²) in [6, 6.07) is 1.99. The van der Waals surface area contributed by atoms with Gasteiger partial charge in [-0.2, -0.15) is 16.3 Å². The first-order chi connectivity index (χ1) is 8.49. The third-order valence-corrected chi connectivity index (χ3v) is 3.40. The molecule has 18 heavy (non-hydrogen) atoms. The Morgan fingerprint density at radius 2 is 2.22 bits per heavy atom. The maximum Gasteiger partial charge on any atom is 0.231 e. The van der Waals surface area contributed by atoms with Gasteiger partial charge < -0.3 is 10.3 Å². The fraction of sp³-hybridized carbons (Fsp3) is 0.538. The molecule has 98 valence electrons. The summed E-state index contributed by atoms with van der Waals surface area (Å²) in [5.41, 5.74) is 7.01. The van der Waals surface area contributed by atoms with Gasteiger partial charge in [0.05, 0.1) is 5.92 Å². The molecule has 0 aliphatic rings. The topological polar surface area (TPSA) is 64.9 Å². The highest BCUT2D eigenvalue weighted by Crippen LogP contribution is 2.30. The highest BCUT2D eigenvalue weighted by atomic mass is 32.1. The van der Waals surface area contributed by atoms with Gasteiger partial charge in [-0.3, -0.25) is 0 Å². The van der Waals surface area contributed by atoms with Crippen LogP contribution >= 0.6 is 11.3 Å². The Kier molecular flexibility index (Phi) is 3.82. The van der Waals surface area contributed by atoms with Gasteiger partial charge in [-0.05, 0) is 23.3 Å². The second-order valence-corrected chi connectivity index (χ2v) is 6.45. The van der Waals surface area contributed by atoms with Crippen molar-refractivity contribution < 1.29 is 4.52 Å². The van der Waals surface area contributed by atoms with E-state index in [2.05, 4.69) is 30.9 Å². The van der Waals surface area contributed by atoms with E-state index in [9.17, 15) is 0 Å². The molecule has 5 heteroatoms. The van der Waals surface area contributed by atoms with Gasteiger partial charge in [-0.1, -0.05) is 25.9 Å². The van der Waals surface area contributed by atoms with Gasteiger partial charge in [0.15, 0.2) is 0 Å². The molecule has 1 unspecified atom stereocenters. The van der Waals surface area contributed by atoms with E-state index in [-0.39, 0.29) is 11.3 Å². The minimum absolute atomic E-state index is 0.130. The van der Waals surface area contributed by atoms with Gasteiger partial charge in [0, 0.05) is 17.5 Å². The third kappa shape index (κ3) is 3.17. The largest absolute Gasteiger partial charge is 0.339 e. The number of aromatic nitrogens is 2. The Hall–Kier alpha value is -1.20. The highest BCUT2D eigenvalue weighted by molar-refractivity contribution is 7.08.